The summed E-state index contributed by atoms with van der Waals surface area (Å²) in [4.78, 5) is 13.8. The number of piperidine rings is 1. The highest BCUT2D eigenvalue weighted by Gasteiger charge is 2.21. The number of rotatable bonds is 5. The lowest BCUT2D eigenvalue weighted by Gasteiger charge is -2.30. The number of ether oxygens (including phenoxy) is 1. The SMILES string of the molecule is Cc1ccc(OCCCC(=O)N2CCCC(O)C2)cc1C. The summed E-state index contributed by atoms with van der Waals surface area (Å²) in [5.41, 5.74) is 2.46. The van der Waals surface area contributed by atoms with Gasteiger partial charge in [0, 0.05) is 19.5 Å². The van der Waals surface area contributed by atoms with Crippen molar-refractivity contribution in [1.29, 1.82) is 0 Å². The van der Waals surface area contributed by atoms with Crippen LogP contribution in [0.1, 0.15) is 36.8 Å². The Morgan fingerprint density at radius 2 is 2.19 bits per heavy atom. The van der Waals surface area contributed by atoms with Crippen molar-refractivity contribution >= 4 is 5.91 Å². The third-order valence-corrected chi connectivity index (χ3v) is 4.03. The van der Waals surface area contributed by atoms with Crippen molar-refractivity contribution in [1.82, 2.24) is 4.90 Å². The van der Waals surface area contributed by atoms with E-state index in [4.69, 9.17) is 4.74 Å². The quantitative estimate of drug-likeness (QED) is 0.848. The smallest absolute Gasteiger partial charge is 0.222 e. The van der Waals surface area contributed by atoms with E-state index < -0.39 is 0 Å². The van der Waals surface area contributed by atoms with Gasteiger partial charge in [0.25, 0.3) is 0 Å². The van der Waals surface area contributed by atoms with Crippen molar-refractivity contribution in [2.24, 2.45) is 0 Å². The number of nitrogens with zero attached hydrogens (tertiary/aromatic N) is 1. The van der Waals surface area contributed by atoms with Gasteiger partial charge in [0.1, 0.15) is 5.75 Å². The molecule has 4 heteroatoms. The normalized spacial score (nSPS) is 18.6. The molecular formula is C17H25NO3. The van der Waals surface area contributed by atoms with E-state index in [-0.39, 0.29) is 12.0 Å². The van der Waals surface area contributed by atoms with Crippen molar-refractivity contribution in [3.8, 4) is 5.75 Å². The van der Waals surface area contributed by atoms with E-state index in [2.05, 4.69) is 13.8 Å². The number of aliphatic hydroxyl groups is 1. The summed E-state index contributed by atoms with van der Waals surface area (Å²) < 4.78 is 5.68. The predicted molar refractivity (Wildman–Crippen MR) is 82.5 cm³/mol. The molecule has 1 saturated heterocycles. The lowest BCUT2D eigenvalue weighted by molar-refractivity contribution is -0.134. The van der Waals surface area contributed by atoms with Crippen LogP contribution in [0.2, 0.25) is 0 Å². The molecule has 0 bridgehead atoms. The molecule has 1 unspecified atom stereocenters. The molecule has 1 aliphatic rings. The molecule has 1 aliphatic heterocycles. The number of carbonyl (C=O) groups is 1. The van der Waals surface area contributed by atoms with Crippen LogP contribution in [-0.4, -0.2) is 41.7 Å². The summed E-state index contributed by atoms with van der Waals surface area (Å²) in [5, 5.41) is 9.58. The van der Waals surface area contributed by atoms with Crippen LogP contribution < -0.4 is 4.74 Å². The summed E-state index contributed by atoms with van der Waals surface area (Å²) >= 11 is 0. The molecule has 4 nitrogen and oxygen atoms in total. The van der Waals surface area contributed by atoms with Crippen LogP contribution in [0.25, 0.3) is 0 Å². The van der Waals surface area contributed by atoms with Gasteiger partial charge in [-0.3, -0.25) is 4.79 Å². The van der Waals surface area contributed by atoms with Gasteiger partial charge >= 0.3 is 0 Å². The molecule has 2 rings (SSSR count). The van der Waals surface area contributed by atoms with E-state index in [1.807, 2.05) is 18.2 Å². The Bertz CT molecular complexity index is 487. The topological polar surface area (TPSA) is 49.8 Å². The molecule has 21 heavy (non-hydrogen) atoms. The summed E-state index contributed by atoms with van der Waals surface area (Å²) in [6.45, 7) is 5.94. The second kappa shape index (κ2) is 7.46. The average molecular weight is 291 g/mol. The molecule has 1 aromatic rings. The fourth-order valence-corrected chi connectivity index (χ4v) is 2.56. The molecule has 1 N–H and O–H groups in total. The summed E-state index contributed by atoms with van der Waals surface area (Å²) in [7, 11) is 0. The van der Waals surface area contributed by atoms with Gasteiger partial charge in [-0.15, -0.1) is 0 Å². The molecule has 1 heterocycles. The first-order valence-electron chi connectivity index (χ1n) is 7.72. The number of carbonyl (C=O) groups excluding carboxylic acids is 1. The number of β-amino-alcohol motifs (C(OH)–C–C–N with tert-alkyl or cyclic N) is 1. The fourth-order valence-electron chi connectivity index (χ4n) is 2.56. The number of benzene rings is 1. The third-order valence-electron chi connectivity index (χ3n) is 4.03. The maximum Gasteiger partial charge on any atom is 0.222 e. The number of hydrogen-bond acceptors (Lipinski definition) is 3. The van der Waals surface area contributed by atoms with Crippen molar-refractivity contribution in [3.05, 3.63) is 29.3 Å². The van der Waals surface area contributed by atoms with Crippen molar-refractivity contribution in [3.63, 3.8) is 0 Å². The Morgan fingerprint density at radius 1 is 1.38 bits per heavy atom. The summed E-state index contributed by atoms with van der Waals surface area (Å²) in [6, 6.07) is 6.04. The monoisotopic (exact) mass is 291 g/mol. The van der Waals surface area contributed by atoms with Gasteiger partial charge in [0.2, 0.25) is 5.91 Å². The van der Waals surface area contributed by atoms with Gasteiger partial charge < -0.3 is 14.7 Å². The number of amides is 1. The third kappa shape index (κ3) is 4.74. The first-order chi connectivity index (χ1) is 10.1. The zero-order valence-corrected chi connectivity index (χ0v) is 13.0. The number of aliphatic hydroxyl groups excluding tert-OH is 1. The molecule has 1 aromatic carbocycles. The van der Waals surface area contributed by atoms with E-state index in [1.165, 1.54) is 11.1 Å². The zero-order valence-electron chi connectivity index (χ0n) is 13.0. The van der Waals surface area contributed by atoms with Gasteiger partial charge in [0.05, 0.1) is 12.7 Å². The Labute approximate surface area is 126 Å². The highest BCUT2D eigenvalue weighted by atomic mass is 16.5. The minimum absolute atomic E-state index is 0.123. The molecule has 0 spiro atoms. The van der Waals surface area contributed by atoms with Crippen LogP contribution in [-0.2, 0) is 4.79 Å². The van der Waals surface area contributed by atoms with Gasteiger partial charge in [-0.2, -0.15) is 0 Å². The Balaban J connectivity index is 1.69. The molecule has 0 aromatic heterocycles. The molecule has 0 saturated carbocycles. The second-order valence-electron chi connectivity index (χ2n) is 5.83. The Hall–Kier alpha value is -1.55. The number of hydrogen-bond donors (Lipinski definition) is 1. The minimum Gasteiger partial charge on any atom is -0.494 e. The number of likely N-dealkylation sites (tertiary alicyclic amines) is 1. The fraction of sp³-hybridized carbons (Fsp3) is 0.588. The summed E-state index contributed by atoms with van der Waals surface area (Å²) in [6.07, 6.45) is 2.54. The average Bonchev–Trinajstić information content (AvgIpc) is 2.47. The molecule has 1 amide bonds. The van der Waals surface area contributed by atoms with Crippen LogP contribution in [0.15, 0.2) is 18.2 Å². The van der Waals surface area contributed by atoms with Crippen molar-refractivity contribution in [2.75, 3.05) is 19.7 Å². The second-order valence-corrected chi connectivity index (χ2v) is 5.83. The van der Waals surface area contributed by atoms with Crippen molar-refractivity contribution < 1.29 is 14.6 Å². The highest BCUT2D eigenvalue weighted by Crippen LogP contribution is 2.17. The Morgan fingerprint density at radius 3 is 2.90 bits per heavy atom. The lowest BCUT2D eigenvalue weighted by atomic mass is 10.1. The number of aryl methyl sites for hydroxylation is 2. The van der Waals surface area contributed by atoms with Crippen LogP contribution in [0.4, 0.5) is 0 Å². The van der Waals surface area contributed by atoms with Gasteiger partial charge in [-0.1, -0.05) is 6.07 Å². The standard InChI is InChI=1S/C17H25NO3/c1-13-7-8-16(11-14(13)2)21-10-4-6-17(20)18-9-3-5-15(19)12-18/h7-8,11,15,19H,3-6,9-10,12H2,1-2H3. The first-order valence-corrected chi connectivity index (χ1v) is 7.72. The molecule has 0 aliphatic carbocycles. The van der Waals surface area contributed by atoms with E-state index in [1.54, 1.807) is 4.90 Å². The summed E-state index contributed by atoms with van der Waals surface area (Å²) in [5.74, 6) is 0.983. The van der Waals surface area contributed by atoms with Crippen molar-refractivity contribution in [2.45, 2.75) is 45.6 Å². The molecule has 1 fully saturated rings. The highest BCUT2D eigenvalue weighted by molar-refractivity contribution is 5.76. The zero-order chi connectivity index (χ0) is 15.2. The molecular weight excluding hydrogens is 266 g/mol. The van der Waals surface area contributed by atoms with Crippen LogP contribution >= 0.6 is 0 Å². The lowest BCUT2D eigenvalue weighted by Crippen LogP contribution is -2.42. The molecule has 1 atom stereocenters. The predicted octanol–water partition coefficient (Wildman–Crippen LogP) is 2.45. The largest absolute Gasteiger partial charge is 0.494 e. The van der Waals surface area contributed by atoms with Gasteiger partial charge in [0.15, 0.2) is 0 Å². The van der Waals surface area contributed by atoms with E-state index >= 15 is 0 Å². The minimum atomic E-state index is -0.352. The molecule has 0 radical (unpaired) electrons. The van der Waals surface area contributed by atoms with Gasteiger partial charge in [-0.05, 0) is 56.4 Å². The van der Waals surface area contributed by atoms with Gasteiger partial charge in [-0.25, -0.2) is 0 Å². The van der Waals surface area contributed by atoms with Crippen LogP contribution in [0.5, 0.6) is 5.75 Å². The van der Waals surface area contributed by atoms with Crippen LogP contribution in [0.3, 0.4) is 0 Å². The van der Waals surface area contributed by atoms with E-state index in [9.17, 15) is 9.90 Å². The molecule has 116 valence electrons. The maximum atomic E-state index is 12.0. The van der Waals surface area contributed by atoms with Crippen LogP contribution in [0, 0.1) is 13.8 Å². The first kappa shape index (κ1) is 15.8. The van der Waals surface area contributed by atoms with E-state index in [0.717, 1.165) is 25.1 Å². The Kier molecular flexibility index (Phi) is 5.62. The van der Waals surface area contributed by atoms with E-state index in [0.29, 0.717) is 26.0 Å². The maximum absolute atomic E-state index is 12.0.